The number of fused-ring (bicyclic) bond motifs is 1. The summed E-state index contributed by atoms with van der Waals surface area (Å²) in [5.41, 5.74) is 4.50. The summed E-state index contributed by atoms with van der Waals surface area (Å²) >= 11 is 0. The van der Waals surface area contributed by atoms with Crippen LogP contribution in [0.5, 0.6) is 5.75 Å². The van der Waals surface area contributed by atoms with Gasteiger partial charge in [-0.3, -0.25) is 0 Å². The number of aliphatic hydroxyl groups is 1. The van der Waals surface area contributed by atoms with Gasteiger partial charge >= 0.3 is 0 Å². The van der Waals surface area contributed by atoms with Crippen molar-refractivity contribution >= 4 is 0 Å². The molecule has 16 heavy (non-hydrogen) atoms. The van der Waals surface area contributed by atoms with Gasteiger partial charge in [0.15, 0.2) is 0 Å². The third-order valence-electron chi connectivity index (χ3n) is 3.33. The summed E-state index contributed by atoms with van der Waals surface area (Å²) in [5.74, 6) is 0.990. The molecule has 0 unspecified atom stereocenters. The Bertz CT molecular complexity index is 431. The van der Waals surface area contributed by atoms with Gasteiger partial charge in [-0.25, -0.2) is 0 Å². The molecule has 2 nitrogen and oxygen atoms in total. The minimum Gasteiger partial charge on any atom is -0.487 e. The average molecular weight is 220 g/mol. The van der Waals surface area contributed by atoms with E-state index in [1.807, 2.05) is 13.8 Å². The molecule has 0 saturated heterocycles. The number of aliphatic hydroxyl groups excluding tert-OH is 1. The molecule has 0 aromatic heterocycles. The third-order valence-corrected chi connectivity index (χ3v) is 3.33. The molecule has 0 amide bonds. The summed E-state index contributed by atoms with van der Waals surface area (Å²) in [6.45, 7) is 10.1. The van der Waals surface area contributed by atoms with E-state index < -0.39 is 6.10 Å². The lowest BCUT2D eigenvalue weighted by Crippen LogP contribution is -2.24. The summed E-state index contributed by atoms with van der Waals surface area (Å²) in [7, 11) is 0. The van der Waals surface area contributed by atoms with Crippen molar-refractivity contribution in [3.05, 3.63) is 28.3 Å². The Kier molecular flexibility index (Phi) is 2.50. The van der Waals surface area contributed by atoms with Crippen molar-refractivity contribution < 1.29 is 9.84 Å². The minimum absolute atomic E-state index is 0.114. The lowest BCUT2D eigenvalue weighted by atomic mass is 9.90. The lowest BCUT2D eigenvalue weighted by molar-refractivity contribution is 0.138. The summed E-state index contributed by atoms with van der Waals surface area (Å²) in [6, 6.07) is 2.05. The molecule has 1 heterocycles. The minimum atomic E-state index is -0.408. The highest BCUT2D eigenvalue weighted by molar-refractivity contribution is 5.52. The topological polar surface area (TPSA) is 29.5 Å². The second kappa shape index (κ2) is 3.49. The number of hydrogen-bond acceptors (Lipinski definition) is 2. The predicted molar refractivity (Wildman–Crippen MR) is 65.0 cm³/mol. The van der Waals surface area contributed by atoms with Crippen LogP contribution in [0.1, 0.15) is 49.1 Å². The monoisotopic (exact) mass is 220 g/mol. The molecule has 0 radical (unpaired) electrons. The third kappa shape index (κ3) is 1.71. The van der Waals surface area contributed by atoms with Gasteiger partial charge in [-0.05, 0) is 57.4 Å². The van der Waals surface area contributed by atoms with Gasteiger partial charge in [-0.1, -0.05) is 0 Å². The van der Waals surface area contributed by atoms with Crippen LogP contribution in [0, 0.1) is 13.8 Å². The summed E-state index contributed by atoms with van der Waals surface area (Å²) in [6.07, 6.45) is 0.516. The Morgan fingerprint density at radius 3 is 2.56 bits per heavy atom. The second-order valence-electron chi connectivity index (χ2n) is 5.42. The van der Waals surface area contributed by atoms with Gasteiger partial charge in [-0.2, -0.15) is 0 Å². The molecule has 1 aliphatic rings. The van der Waals surface area contributed by atoms with Crippen LogP contribution in [-0.4, -0.2) is 10.7 Å². The van der Waals surface area contributed by atoms with E-state index in [0.29, 0.717) is 0 Å². The van der Waals surface area contributed by atoms with Crippen LogP contribution in [0.4, 0.5) is 0 Å². The van der Waals surface area contributed by atoms with Crippen LogP contribution in [0.15, 0.2) is 6.07 Å². The fraction of sp³-hybridized carbons (Fsp3) is 0.571. The molecule has 1 aromatic carbocycles. The number of benzene rings is 1. The molecule has 0 spiro atoms. The van der Waals surface area contributed by atoms with Gasteiger partial charge in [0, 0.05) is 12.0 Å². The van der Waals surface area contributed by atoms with Gasteiger partial charge < -0.3 is 9.84 Å². The van der Waals surface area contributed by atoms with Gasteiger partial charge in [-0.15, -0.1) is 0 Å². The van der Waals surface area contributed by atoms with Crippen LogP contribution in [-0.2, 0) is 6.42 Å². The Hall–Kier alpha value is -1.02. The van der Waals surface area contributed by atoms with Gasteiger partial charge in [0.25, 0.3) is 0 Å². The Balaban J connectivity index is 2.58. The molecule has 2 rings (SSSR count). The summed E-state index contributed by atoms with van der Waals surface area (Å²) < 4.78 is 5.91. The standard InChI is InChI=1S/C14H20O2/c1-8-6-12-11(7-14(4,5)16-12)9(2)13(8)10(3)15/h6,10,15H,7H2,1-5H3/t10-/m1/s1. The fourth-order valence-corrected chi connectivity index (χ4v) is 2.72. The van der Waals surface area contributed by atoms with Crippen molar-refractivity contribution in [2.75, 3.05) is 0 Å². The fourth-order valence-electron chi connectivity index (χ4n) is 2.72. The highest BCUT2D eigenvalue weighted by Crippen LogP contribution is 2.40. The zero-order valence-corrected chi connectivity index (χ0v) is 10.7. The maximum absolute atomic E-state index is 9.81. The molecular weight excluding hydrogens is 200 g/mol. The Morgan fingerprint density at radius 1 is 1.38 bits per heavy atom. The molecule has 88 valence electrons. The first-order valence-corrected chi connectivity index (χ1v) is 5.82. The van der Waals surface area contributed by atoms with Crippen molar-refractivity contribution in [1.29, 1.82) is 0 Å². The van der Waals surface area contributed by atoms with E-state index in [4.69, 9.17) is 4.74 Å². The van der Waals surface area contributed by atoms with Crippen molar-refractivity contribution in [1.82, 2.24) is 0 Å². The SMILES string of the molecule is Cc1cc2c(c(C)c1[C@@H](C)O)CC(C)(C)O2. The van der Waals surface area contributed by atoms with Crippen molar-refractivity contribution in [2.45, 2.75) is 52.7 Å². The molecule has 1 atom stereocenters. The van der Waals surface area contributed by atoms with Crippen LogP contribution in [0.2, 0.25) is 0 Å². The number of rotatable bonds is 1. The molecule has 0 bridgehead atoms. The van der Waals surface area contributed by atoms with Gasteiger partial charge in [0.05, 0.1) is 6.10 Å². The van der Waals surface area contributed by atoms with Crippen molar-refractivity contribution in [3.8, 4) is 5.75 Å². The molecule has 1 N–H and O–H groups in total. The van der Waals surface area contributed by atoms with E-state index in [0.717, 1.165) is 23.3 Å². The van der Waals surface area contributed by atoms with Crippen molar-refractivity contribution in [3.63, 3.8) is 0 Å². The first-order chi connectivity index (χ1) is 7.32. The highest BCUT2D eigenvalue weighted by atomic mass is 16.5. The van der Waals surface area contributed by atoms with Crippen LogP contribution >= 0.6 is 0 Å². The normalized spacial score (nSPS) is 19.1. The Morgan fingerprint density at radius 2 is 2.00 bits per heavy atom. The van der Waals surface area contributed by atoms with E-state index in [-0.39, 0.29) is 5.60 Å². The molecular formula is C14H20O2. The van der Waals surface area contributed by atoms with E-state index in [9.17, 15) is 5.11 Å². The number of ether oxygens (including phenoxy) is 1. The maximum atomic E-state index is 9.81. The number of aryl methyl sites for hydroxylation is 1. The summed E-state index contributed by atoms with van der Waals surface area (Å²) in [5, 5.41) is 9.81. The predicted octanol–water partition coefficient (Wildman–Crippen LogP) is 3.07. The molecule has 1 aliphatic heterocycles. The maximum Gasteiger partial charge on any atom is 0.124 e. The van der Waals surface area contributed by atoms with Crippen LogP contribution in [0.25, 0.3) is 0 Å². The van der Waals surface area contributed by atoms with Crippen molar-refractivity contribution in [2.24, 2.45) is 0 Å². The van der Waals surface area contributed by atoms with E-state index in [2.05, 4.69) is 26.8 Å². The zero-order valence-electron chi connectivity index (χ0n) is 10.7. The van der Waals surface area contributed by atoms with E-state index in [1.165, 1.54) is 11.1 Å². The zero-order chi connectivity index (χ0) is 12.1. The lowest BCUT2D eigenvalue weighted by Gasteiger charge is -2.17. The quantitative estimate of drug-likeness (QED) is 0.788. The van der Waals surface area contributed by atoms with E-state index >= 15 is 0 Å². The first-order valence-electron chi connectivity index (χ1n) is 5.82. The van der Waals surface area contributed by atoms with Crippen LogP contribution < -0.4 is 4.74 Å². The van der Waals surface area contributed by atoms with Crippen LogP contribution in [0.3, 0.4) is 0 Å². The average Bonchev–Trinajstić information content (AvgIpc) is 2.39. The van der Waals surface area contributed by atoms with Gasteiger partial charge in [0.2, 0.25) is 0 Å². The highest BCUT2D eigenvalue weighted by Gasteiger charge is 2.32. The molecule has 0 aliphatic carbocycles. The van der Waals surface area contributed by atoms with E-state index in [1.54, 1.807) is 0 Å². The summed E-state index contributed by atoms with van der Waals surface area (Å²) in [4.78, 5) is 0. The number of hydrogen-bond donors (Lipinski definition) is 1. The molecule has 0 fully saturated rings. The molecule has 2 heteroatoms. The molecule has 1 aromatic rings. The second-order valence-corrected chi connectivity index (χ2v) is 5.42. The Labute approximate surface area is 97.3 Å². The molecule has 0 saturated carbocycles. The largest absolute Gasteiger partial charge is 0.487 e. The smallest absolute Gasteiger partial charge is 0.124 e. The first kappa shape index (κ1) is 11.5. The van der Waals surface area contributed by atoms with Gasteiger partial charge in [0.1, 0.15) is 11.4 Å².